The van der Waals surface area contributed by atoms with E-state index in [1.807, 2.05) is 0 Å². The first kappa shape index (κ1) is 15.9. The maximum Gasteiger partial charge on any atom is 0.507 e. The molecule has 1 saturated heterocycles. The summed E-state index contributed by atoms with van der Waals surface area (Å²) in [7, 11) is 0. The van der Waals surface area contributed by atoms with Crippen LogP contribution in [0.15, 0.2) is 16.6 Å². The van der Waals surface area contributed by atoms with Gasteiger partial charge < -0.3 is 14.8 Å². The number of ether oxygens (including phenoxy) is 2. The van der Waals surface area contributed by atoms with Gasteiger partial charge in [0.1, 0.15) is 0 Å². The van der Waals surface area contributed by atoms with Crippen LogP contribution in [0.4, 0.5) is 17.6 Å². The standard InChI is InChI=1S/C14H14BrF4NO2/c15-10-6-12-11(21-13(16,17)14(18,19)22-12)5-9(10)4-8-2-1-3-20-7-8/h5-6,8,20H,1-4,7H2. The van der Waals surface area contributed by atoms with Crippen LogP contribution in [0, 0.1) is 5.92 Å². The summed E-state index contributed by atoms with van der Waals surface area (Å²) in [4.78, 5) is 0. The number of benzene rings is 1. The molecule has 8 heteroatoms. The summed E-state index contributed by atoms with van der Waals surface area (Å²) in [5.41, 5.74) is 0.733. The van der Waals surface area contributed by atoms with Gasteiger partial charge in [-0.25, -0.2) is 0 Å². The average molecular weight is 384 g/mol. The summed E-state index contributed by atoms with van der Waals surface area (Å²) in [6.07, 6.45) is -6.64. The smallest absolute Gasteiger partial charge is 0.421 e. The minimum atomic E-state index is -4.69. The Morgan fingerprint density at radius 1 is 1.14 bits per heavy atom. The Bertz CT molecular complexity index is 576. The highest BCUT2D eigenvalue weighted by Crippen LogP contribution is 2.48. The van der Waals surface area contributed by atoms with Gasteiger partial charge in [-0.3, -0.25) is 0 Å². The molecule has 1 N–H and O–H groups in total. The lowest BCUT2D eigenvalue weighted by Gasteiger charge is -2.32. The molecule has 1 unspecified atom stereocenters. The van der Waals surface area contributed by atoms with E-state index >= 15 is 0 Å². The summed E-state index contributed by atoms with van der Waals surface area (Å²) < 4.78 is 61.6. The molecular weight excluding hydrogens is 370 g/mol. The highest BCUT2D eigenvalue weighted by molar-refractivity contribution is 9.10. The van der Waals surface area contributed by atoms with E-state index < -0.39 is 18.0 Å². The quantitative estimate of drug-likeness (QED) is 0.784. The molecule has 22 heavy (non-hydrogen) atoms. The number of halogens is 5. The molecule has 1 fully saturated rings. The molecule has 0 saturated carbocycles. The number of alkyl halides is 4. The minimum Gasteiger partial charge on any atom is -0.421 e. The lowest BCUT2D eigenvalue weighted by molar-refractivity contribution is -0.391. The molecular formula is C14H14BrF4NO2. The number of hydrogen-bond donors (Lipinski definition) is 1. The van der Waals surface area contributed by atoms with Crippen LogP contribution in [0.25, 0.3) is 0 Å². The van der Waals surface area contributed by atoms with Crippen LogP contribution in [-0.4, -0.2) is 25.3 Å². The van der Waals surface area contributed by atoms with Crippen molar-refractivity contribution in [1.82, 2.24) is 5.32 Å². The zero-order valence-electron chi connectivity index (χ0n) is 11.5. The van der Waals surface area contributed by atoms with Gasteiger partial charge >= 0.3 is 12.2 Å². The fourth-order valence-electron chi connectivity index (χ4n) is 2.70. The first-order chi connectivity index (χ1) is 10.3. The van der Waals surface area contributed by atoms with E-state index in [0.29, 0.717) is 16.8 Å². The fraction of sp³-hybridized carbons (Fsp3) is 0.571. The molecule has 3 nitrogen and oxygen atoms in total. The highest BCUT2D eigenvalue weighted by atomic mass is 79.9. The van der Waals surface area contributed by atoms with Crippen molar-refractivity contribution >= 4 is 15.9 Å². The minimum absolute atomic E-state index is 0.363. The van der Waals surface area contributed by atoms with Crippen LogP contribution in [-0.2, 0) is 6.42 Å². The van der Waals surface area contributed by atoms with Crippen molar-refractivity contribution in [2.24, 2.45) is 5.92 Å². The van der Waals surface area contributed by atoms with Crippen LogP contribution in [0.5, 0.6) is 11.5 Å². The Kier molecular flexibility index (Phi) is 4.01. The van der Waals surface area contributed by atoms with Crippen molar-refractivity contribution in [3.8, 4) is 11.5 Å². The van der Waals surface area contributed by atoms with E-state index in [2.05, 4.69) is 30.7 Å². The van der Waals surface area contributed by atoms with E-state index in [9.17, 15) is 17.6 Å². The third-order valence-corrected chi connectivity index (χ3v) is 4.57. The Balaban J connectivity index is 1.86. The largest absolute Gasteiger partial charge is 0.507 e. The number of hydrogen-bond acceptors (Lipinski definition) is 3. The van der Waals surface area contributed by atoms with Crippen molar-refractivity contribution in [2.45, 2.75) is 31.5 Å². The first-order valence-electron chi connectivity index (χ1n) is 6.95. The molecule has 1 aromatic rings. The molecule has 0 bridgehead atoms. The van der Waals surface area contributed by atoms with E-state index in [4.69, 9.17) is 0 Å². The van der Waals surface area contributed by atoms with E-state index in [1.165, 1.54) is 12.1 Å². The topological polar surface area (TPSA) is 30.5 Å². The van der Waals surface area contributed by atoms with Crippen molar-refractivity contribution in [3.63, 3.8) is 0 Å². The summed E-state index contributed by atoms with van der Waals surface area (Å²) in [6, 6.07) is 2.60. The second-order valence-corrected chi connectivity index (χ2v) is 6.40. The Labute approximate surface area is 133 Å². The number of piperidine rings is 1. The fourth-order valence-corrected chi connectivity index (χ4v) is 3.18. The van der Waals surface area contributed by atoms with Gasteiger partial charge in [0.05, 0.1) is 0 Å². The van der Waals surface area contributed by atoms with E-state index in [0.717, 1.165) is 31.5 Å². The lowest BCUT2D eigenvalue weighted by Crippen LogP contribution is -2.52. The third-order valence-electron chi connectivity index (χ3n) is 3.84. The number of fused-ring (bicyclic) bond motifs is 1. The van der Waals surface area contributed by atoms with Crippen LogP contribution in [0.1, 0.15) is 18.4 Å². The number of rotatable bonds is 2. The van der Waals surface area contributed by atoms with Crippen molar-refractivity contribution in [3.05, 3.63) is 22.2 Å². The molecule has 122 valence electrons. The normalized spacial score (nSPS) is 25.8. The molecule has 1 atom stereocenters. The zero-order chi connectivity index (χ0) is 16.0. The van der Waals surface area contributed by atoms with Gasteiger partial charge in [-0.05, 0) is 56.0 Å². The first-order valence-corrected chi connectivity index (χ1v) is 7.74. The molecule has 0 amide bonds. The van der Waals surface area contributed by atoms with E-state index in [-0.39, 0.29) is 5.75 Å². The van der Waals surface area contributed by atoms with Crippen LogP contribution in [0.3, 0.4) is 0 Å². The van der Waals surface area contributed by atoms with Gasteiger partial charge in [0, 0.05) is 4.47 Å². The van der Waals surface area contributed by atoms with Crippen molar-refractivity contribution < 1.29 is 27.0 Å². The molecule has 0 aliphatic carbocycles. The third kappa shape index (κ3) is 2.90. The SMILES string of the molecule is FC1(F)Oc2cc(Br)c(CC3CCCNC3)cc2OC1(F)F. The Hall–Kier alpha value is -1.02. The van der Waals surface area contributed by atoms with Gasteiger partial charge in [-0.2, -0.15) is 17.6 Å². The molecule has 2 aliphatic rings. The maximum atomic E-state index is 13.2. The molecule has 2 aliphatic heterocycles. The van der Waals surface area contributed by atoms with Gasteiger partial charge in [0.2, 0.25) is 0 Å². The van der Waals surface area contributed by atoms with Crippen LogP contribution < -0.4 is 14.8 Å². The maximum absolute atomic E-state index is 13.2. The Morgan fingerprint density at radius 3 is 2.36 bits per heavy atom. The zero-order valence-corrected chi connectivity index (χ0v) is 13.1. The molecule has 0 radical (unpaired) electrons. The number of nitrogens with one attached hydrogen (secondary N) is 1. The molecule has 0 aromatic heterocycles. The van der Waals surface area contributed by atoms with Gasteiger partial charge in [-0.15, -0.1) is 0 Å². The summed E-state index contributed by atoms with van der Waals surface area (Å²) in [6.45, 7) is 1.81. The van der Waals surface area contributed by atoms with Crippen LogP contribution >= 0.6 is 15.9 Å². The van der Waals surface area contributed by atoms with Crippen molar-refractivity contribution in [1.29, 1.82) is 0 Å². The lowest BCUT2D eigenvalue weighted by atomic mass is 9.92. The van der Waals surface area contributed by atoms with Crippen LogP contribution in [0.2, 0.25) is 0 Å². The highest BCUT2D eigenvalue weighted by Gasteiger charge is 2.66. The van der Waals surface area contributed by atoms with Crippen molar-refractivity contribution in [2.75, 3.05) is 13.1 Å². The van der Waals surface area contributed by atoms with Gasteiger partial charge in [0.15, 0.2) is 11.5 Å². The Morgan fingerprint density at radius 2 is 1.77 bits per heavy atom. The molecule has 2 heterocycles. The summed E-state index contributed by atoms with van der Waals surface area (Å²) >= 11 is 3.28. The van der Waals surface area contributed by atoms with Gasteiger partial charge in [0.25, 0.3) is 0 Å². The molecule has 3 rings (SSSR count). The monoisotopic (exact) mass is 383 g/mol. The predicted octanol–water partition coefficient (Wildman–Crippen LogP) is 3.95. The van der Waals surface area contributed by atoms with Gasteiger partial charge in [-0.1, -0.05) is 15.9 Å². The second-order valence-electron chi connectivity index (χ2n) is 5.54. The summed E-state index contributed by atoms with van der Waals surface area (Å²) in [5.74, 6) is -0.388. The molecule has 1 aromatic carbocycles. The predicted molar refractivity (Wildman–Crippen MR) is 74.6 cm³/mol. The molecule has 0 spiro atoms. The second kappa shape index (κ2) is 5.56. The summed E-state index contributed by atoms with van der Waals surface area (Å²) in [5, 5.41) is 3.27. The van der Waals surface area contributed by atoms with E-state index in [1.54, 1.807) is 0 Å². The average Bonchev–Trinajstić information content (AvgIpc) is 2.43.